The maximum atomic E-state index is 6.54. The van der Waals surface area contributed by atoms with Gasteiger partial charge in [0.1, 0.15) is 11.2 Å². The van der Waals surface area contributed by atoms with Crippen LogP contribution >= 0.6 is 0 Å². The summed E-state index contributed by atoms with van der Waals surface area (Å²) in [6.45, 7) is 0. The Morgan fingerprint density at radius 1 is 0.378 bits per heavy atom. The zero-order valence-corrected chi connectivity index (χ0v) is 24.2. The molecule has 45 heavy (non-hydrogen) atoms. The van der Waals surface area contributed by atoms with Crippen LogP contribution in [0.25, 0.3) is 98.2 Å². The maximum Gasteiger partial charge on any atom is 0.139 e. The molecule has 3 heterocycles. The smallest absolute Gasteiger partial charge is 0.139 e. The summed E-state index contributed by atoms with van der Waals surface area (Å²) in [6, 6.07) is 45.4. The summed E-state index contributed by atoms with van der Waals surface area (Å²) >= 11 is 0. The summed E-state index contributed by atoms with van der Waals surface area (Å²) in [7, 11) is 0. The zero-order valence-electron chi connectivity index (χ0n) is 24.2. The van der Waals surface area contributed by atoms with E-state index >= 15 is 0 Å². The highest BCUT2D eigenvalue weighted by Crippen LogP contribution is 2.41. The molecular weight excluding hydrogens is 548 g/mol. The minimum absolute atomic E-state index is 0.820. The van der Waals surface area contributed by atoms with E-state index in [2.05, 4.69) is 132 Å². The molecule has 0 atom stereocenters. The Kier molecular flexibility index (Phi) is 5.00. The lowest BCUT2D eigenvalue weighted by Gasteiger charge is -2.11. The highest BCUT2D eigenvalue weighted by molar-refractivity contribution is 6.28. The normalized spacial score (nSPS) is 12.0. The summed E-state index contributed by atoms with van der Waals surface area (Å²) in [4.78, 5) is 9.61. The van der Waals surface area contributed by atoms with Crippen LogP contribution in [0.4, 0.5) is 0 Å². The summed E-state index contributed by atoms with van der Waals surface area (Å²) < 4.78 is 6.54. The van der Waals surface area contributed by atoms with Crippen LogP contribution in [0.15, 0.2) is 150 Å². The van der Waals surface area contributed by atoms with Crippen LogP contribution in [0.2, 0.25) is 0 Å². The second kappa shape index (κ2) is 9.22. The summed E-state index contributed by atoms with van der Waals surface area (Å²) in [6.07, 6.45) is 5.78. The van der Waals surface area contributed by atoms with Gasteiger partial charge in [-0.15, -0.1) is 0 Å². The number of pyridine rings is 2. The molecule has 0 aliphatic heterocycles. The van der Waals surface area contributed by atoms with Gasteiger partial charge in [0.05, 0.1) is 5.69 Å². The van der Waals surface area contributed by atoms with Gasteiger partial charge < -0.3 is 4.42 Å². The molecule has 3 aromatic heterocycles. The van der Waals surface area contributed by atoms with E-state index in [0.29, 0.717) is 0 Å². The SMILES string of the molecule is c1ccc2c(c1)cc(-c1cncc(-c3cc4oc5cc6c7ccccc7c7ccccc7c6cc5c4cn3)c1)c1ccccc12. The highest BCUT2D eigenvalue weighted by atomic mass is 16.3. The van der Waals surface area contributed by atoms with Gasteiger partial charge in [0.25, 0.3) is 0 Å². The molecule has 7 aromatic carbocycles. The van der Waals surface area contributed by atoms with Crippen molar-refractivity contribution >= 4 is 75.8 Å². The molecule has 3 heteroatoms. The Balaban J connectivity index is 1.16. The number of hydrogen-bond donors (Lipinski definition) is 0. The molecular formula is C42H24N2O. The van der Waals surface area contributed by atoms with E-state index in [9.17, 15) is 0 Å². The fourth-order valence-electron chi connectivity index (χ4n) is 7.25. The average molecular weight is 573 g/mol. The number of furan rings is 1. The van der Waals surface area contributed by atoms with E-state index in [4.69, 9.17) is 9.40 Å². The molecule has 0 aliphatic carbocycles. The van der Waals surface area contributed by atoms with Crippen molar-refractivity contribution in [3.8, 4) is 22.4 Å². The number of rotatable bonds is 2. The molecule has 3 nitrogen and oxygen atoms in total. The van der Waals surface area contributed by atoms with Crippen LogP contribution in [-0.2, 0) is 0 Å². The van der Waals surface area contributed by atoms with Crippen LogP contribution in [0.5, 0.6) is 0 Å². The van der Waals surface area contributed by atoms with Crippen molar-refractivity contribution in [1.82, 2.24) is 9.97 Å². The molecule has 208 valence electrons. The number of aromatic nitrogens is 2. The molecule has 0 aliphatic rings. The van der Waals surface area contributed by atoms with Gasteiger partial charge in [-0.2, -0.15) is 0 Å². The van der Waals surface area contributed by atoms with E-state index in [1.165, 1.54) is 53.9 Å². The average Bonchev–Trinajstić information content (AvgIpc) is 3.47. The van der Waals surface area contributed by atoms with E-state index in [1.54, 1.807) is 0 Å². The largest absolute Gasteiger partial charge is 0.456 e. The standard InChI is InChI=1S/C42H24N2O/c1-2-10-28-25(9-1)18-35(32-14-6-3-11-29(28)32)26-17-27(23-43-22-26)40-21-42-39(24-44-40)38-19-36-33-15-7-4-12-30(33)31-13-5-8-16-34(31)37(36)20-41(38)45-42/h1-24H. The summed E-state index contributed by atoms with van der Waals surface area (Å²) in [5.74, 6) is 0. The van der Waals surface area contributed by atoms with Crippen molar-refractivity contribution in [2.24, 2.45) is 0 Å². The Hall–Kier alpha value is -6.06. The zero-order chi connectivity index (χ0) is 29.5. The van der Waals surface area contributed by atoms with Gasteiger partial charge in [-0.3, -0.25) is 9.97 Å². The van der Waals surface area contributed by atoms with Crippen molar-refractivity contribution in [2.45, 2.75) is 0 Å². The van der Waals surface area contributed by atoms with Crippen LogP contribution in [0.3, 0.4) is 0 Å². The topological polar surface area (TPSA) is 38.9 Å². The van der Waals surface area contributed by atoms with Gasteiger partial charge in [0, 0.05) is 46.6 Å². The van der Waals surface area contributed by atoms with Crippen LogP contribution in [0.1, 0.15) is 0 Å². The molecule has 0 amide bonds. The monoisotopic (exact) mass is 572 g/mol. The number of benzene rings is 7. The van der Waals surface area contributed by atoms with Gasteiger partial charge in [0.2, 0.25) is 0 Å². The van der Waals surface area contributed by atoms with Crippen LogP contribution < -0.4 is 0 Å². The second-order valence-corrected chi connectivity index (χ2v) is 11.8. The lowest BCUT2D eigenvalue weighted by molar-refractivity contribution is 0.669. The number of fused-ring (bicyclic) bond motifs is 12. The fourth-order valence-corrected chi connectivity index (χ4v) is 7.25. The maximum absolute atomic E-state index is 6.54. The lowest BCUT2D eigenvalue weighted by atomic mass is 9.93. The number of hydrogen-bond acceptors (Lipinski definition) is 3. The quantitative estimate of drug-likeness (QED) is 0.193. The second-order valence-electron chi connectivity index (χ2n) is 11.8. The fraction of sp³-hybridized carbons (Fsp3) is 0. The van der Waals surface area contributed by atoms with Gasteiger partial charge in [-0.1, -0.05) is 97.1 Å². The van der Waals surface area contributed by atoms with Crippen molar-refractivity contribution < 1.29 is 4.42 Å². The third-order valence-corrected chi connectivity index (χ3v) is 9.33. The Morgan fingerprint density at radius 3 is 1.67 bits per heavy atom. The van der Waals surface area contributed by atoms with Gasteiger partial charge in [-0.05, 0) is 83.7 Å². The highest BCUT2D eigenvalue weighted by Gasteiger charge is 2.16. The molecule has 0 fully saturated rings. The van der Waals surface area contributed by atoms with Gasteiger partial charge in [0.15, 0.2) is 0 Å². The molecule has 0 spiro atoms. The molecule has 10 aromatic rings. The molecule has 0 unspecified atom stereocenters. The van der Waals surface area contributed by atoms with E-state index in [-0.39, 0.29) is 0 Å². The van der Waals surface area contributed by atoms with E-state index in [1.807, 2.05) is 18.6 Å². The minimum atomic E-state index is 0.820. The molecule has 0 bridgehead atoms. The van der Waals surface area contributed by atoms with Crippen molar-refractivity contribution in [1.29, 1.82) is 0 Å². The van der Waals surface area contributed by atoms with Crippen LogP contribution in [-0.4, -0.2) is 9.97 Å². The Bertz CT molecular complexity index is 2830. The first-order chi connectivity index (χ1) is 22.3. The first-order valence-corrected chi connectivity index (χ1v) is 15.2. The van der Waals surface area contributed by atoms with Crippen molar-refractivity contribution in [3.05, 3.63) is 146 Å². The third kappa shape index (κ3) is 3.58. The Morgan fingerprint density at radius 2 is 0.933 bits per heavy atom. The molecule has 0 saturated heterocycles. The van der Waals surface area contributed by atoms with Crippen molar-refractivity contribution in [2.75, 3.05) is 0 Å². The Labute approximate surface area is 258 Å². The third-order valence-electron chi connectivity index (χ3n) is 9.33. The molecule has 0 N–H and O–H groups in total. The summed E-state index contributed by atoms with van der Waals surface area (Å²) in [5, 5.41) is 14.4. The van der Waals surface area contributed by atoms with E-state index in [0.717, 1.165) is 44.3 Å². The predicted octanol–water partition coefficient (Wildman–Crippen LogP) is 11.5. The van der Waals surface area contributed by atoms with E-state index < -0.39 is 0 Å². The van der Waals surface area contributed by atoms with Crippen molar-refractivity contribution in [3.63, 3.8) is 0 Å². The number of nitrogens with zero attached hydrogens (tertiary/aromatic N) is 2. The molecule has 10 rings (SSSR count). The van der Waals surface area contributed by atoms with Gasteiger partial charge >= 0.3 is 0 Å². The van der Waals surface area contributed by atoms with Crippen LogP contribution in [0, 0.1) is 0 Å². The molecule has 0 radical (unpaired) electrons. The van der Waals surface area contributed by atoms with Gasteiger partial charge in [-0.25, -0.2) is 0 Å². The summed E-state index contributed by atoms with van der Waals surface area (Å²) in [5.41, 5.74) is 5.70. The molecule has 0 saturated carbocycles. The predicted molar refractivity (Wildman–Crippen MR) is 188 cm³/mol. The first-order valence-electron chi connectivity index (χ1n) is 15.2. The first kappa shape index (κ1) is 24.4. The minimum Gasteiger partial charge on any atom is -0.456 e. The lowest BCUT2D eigenvalue weighted by Crippen LogP contribution is -1.89.